The molecule has 1 rings (SSSR count). The Balaban J connectivity index is 2.50. The maximum absolute atomic E-state index is 11.7. The van der Waals surface area contributed by atoms with Crippen LogP contribution in [0.15, 0.2) is 22.7 Å². The molecule has 1 unspecified atom stereocenters. The summed E-state index contributed by atoms with van der Waals surface area (Å²) in [5.41, 5.74) is 0.815. The lowest BCUT2D eigenvalue weighted by atomic mass is 10.1. The summed E-state index contributed by atoms with van der Waals surface area (Å²) in [5.74, 6) is 0.398. The van der Waals surface area contributed by atoms with Gasteiger partial charge in [-0.1, -0.05) is 25.4 Å². The van der Waals surface area contributed by atoms with Gasteiger partial charge in [0, 0.05) is 15.5 Å². The van der Waals surface area contributed by atoms with Crippen LogP contribution < -0.4 is 10.6 Å². The third kappa shape index (κ3) is 4.86. The fourth-order valence-electron chi connectivity index (χ4n) is 1.28. The van der Waals surface area contributed by atoms with E-state index in [1.54, 1.807) is 12.1 Å². The number of anilines is 1. The van der Waals surface area contributed by atoms with Gasteiger partial charge in [-0.15, -0.1) is 0 Å². The van der Waals surface area contributed by atoms with Crippen LogP contribution in [0.3, 0.4) is 0 Å². The van der Waals surface area contributed by atoms with Crippen LogP contribution in [0.4, 0.5) is 5.69 Å². The molecular formula is C13H18BrClN2O. The van der Waals surface area contributed by atoms with Crippen molar-refractivity contribution in [1.82, 2.24) is 5.32 Å². The number of benzene rings is 1. The van der Waals surface area contributed by atoms with Gasteiger partial charge in [-0.3, -0.25) is 4.79 Å². The van der Waals surface area contributed by atoms with E-state index in [-0.39, 0.29) is 18.5 Å². The van der Waals surface area contributed by atoms with Crippen molar-refractivity contribution in [2.45, 2.75) is 26.8 Å². The molecule has 0 aromatic heterocycles. The Hall–Kier alpha value is -0.740. The van der Waals surface area contributed by atoms with E-state index in [1.807, 2.05) is 13.0 Å². The van der Waals surface area contributed by atoms with Gasteiger partial charge in [-0.05, 0) is 47.0 Å². The van der Waals surface area contributed by atoms with Gasteiger partial charge in [0.1, 0.15) is 0 Å². The molecule has 0 aliphatic rings. The van der Waals surface area contributed by atoms with Crippen molar-refractivity contribution in [3.63, 3.8) is 0 Å². The molecule has 1 aromatic rings. The highest BCUT2D eigenvalue weighted by Crippen LogP contribution is 2.25. The van der Waals surface area contributed by atoms with Crippen molar-refractivity contribution in [2.75, 3.05) is 11.9 Å². The van der Waals surface area contributed by atoms with Crippen molar-refractivity contribution < 1.29 is 4.79 Å². The normalized spacial score (nSPS) is 12.3. The number of hydrogen-bond donors (Lipinski definition) is 2. The zero-order valence-electron chi connectivity index (χ0n) is 10.8. The fourth-order valence-corrected chi connectivity index (χ4v) is 1.84. The number of nitrogens with one attached hydrogen (secondary N) is 2. The molecule has 0 fully saturated rings. The summed E-state index contributed by atoms with van der Waals surface area (Å²) in [7, 11) is 0. The summed E-state index contributed by atoms with van der Waals surface area (Å²) in [4.78, 5) is 11.7. The molecule has 0 saturated carbocycles. The van der Waals surface area contributed by atoms with Gasteiger partial charge in [0.2, 0.25) is 5.91 Å². The standard InChI is InChI=1S/C13H18BrClN2O/c1-8(2)9(3)17-13(18)7-16-12-6-10(15)4-5-11(12)14/h4-6,8-9,16H,7H2,1-3H3,(H,17,18). The van der Waals surface area contributed by atoms with Crippen LogP contribution in [-0.2, 0) is 4.79 Å². The summed E-state index contributed by atoms with van der Waals surface area (Å²) >= 11 is 9.30. The van der Waals surface area contributed by atoms with Crippen LogP contribution in [0.1, 0.15) is 20.8 Å². The van der Waals surface area contributed by atoms with E-state index in [2.05, 4.69) is 40.4 Å². The Kier molecular flexibility index (Phi) is 5.96. The summed E-state index contributed by atoms with van der Waals surface area (Å²) in [5, 5.41) is 6.62. The van der Waals surface area contributed by atoms with Crippen molar-refractivity contribution in [2.24, 2.45) is 5.92 Å². The molecule has 2 N–H and O–H groups in total. The SMILES string of the molecule is CC(C)C(C)NC(=O)CNc1cc(Cl)ccc1Br. The number of hydrogen-bond acceptors (Lipinski definition) is 2. The molecule has 0 aliphatic carbocycles. The summed E-state index contributed by atoms with van der Waals surface area (Å²) in [6, 6.07) is 5.59. The predicted octanol–water partition coefficient (Wildman–Crippen LogP) is 3.68. The fraction of sp³-hybridized carbons (Fsp3) is 0.462. The largest absolute Gasteiger partial charge is 0.375 e. The highest BCUT2D eigenvalue weighted by Gasteiger charge is 2.10. The Morgan fingerprint density at radius 3 is 2.67 bits per heavy atom. The minimum absolute atomic E-state index is 0.0249. The summed E-state index contributed by atoms with van der Waals surface area (Å²) < 4.78 is 0.886. The number of carbonyl (C=O) groups excluding carboxylic acids is 1. The second kappa shape index (κ2) is 7.00. The number of carbonyl (C=O) groups is 1. The molecule has 0 saturated heterocycles. The molecule has 18 heavy (non-hydrogen) atoms. The first kappa shape index (κ1) is 15.3. The van der Waals surface area contributed by atoms with Crippen molar-refractivity contribution in [3.8, 4) is 0 Å². The van der Waals surface area contributed by atoms with E-state index in [0.717, 1.165) is 10.2 Å². The molecule has 3 nitrogen and oxygen atoms in total. The van der Waals surface area contributed by atoms with Gasteiger partial charge < -0.3 is 10.6 Å². The third-order valence-corrected chi connectivity index (χ3v) is 3.68. The van der Waals surface area contributed by atoms with E-state index in [0.29, 0.717) is 10.9 Å². The topological polar surface area (TPSA) is 41.1 Å². The first-order valence-electron chi connectivity index (χ1n) is 5.88. The minimum atomic E-state index is -0.0249. The Morgan fingerprint density at radius 2 is 2.06 bits per heavy atom. The minimum Gasteiger partial charge on any atom is -0.375 e. The lowest BCUT2D eigenvalue weighted by Crippen LogP contribution is -2.39. The lowest BCUT2D eigenvalue weighted by molar-refractivity contribution is -0.120. The van der Waals surface area contributed by atoms with E-state index >= 15 is 0 Å². The van der Waals surface area contributed by atoms with Gasteiger partial charge in [0.05, 0.1) is 12.2 Å². The van der Waals surface area contributed by atoms with Crippen LogP contribution >= 0.6 is 27.5 Å². The van der Waals surface area contributed by atoms with Gasteiger partial charge in [-0.25, -0.2) is 0 Å². The van der Waals surface area contributed by atoms with Gasteiger partial charge >= 0.3 is 0 Å². The molecule has 100 valence electrons. The summed E-state index contributed by atoms with van der Waals surface area (Å²) in [6.07, 6.45) is 0. The smallest absolute Gasteiger partial charge is 0.239 e. The molecule has 5 heteroatoms. The van der Waals surface area contributed by atoms with Gasteiger partial charge in [-0.2, -0.15) is 0 Å². The molecule has 0 heterocycles. The van der Waals surface area contributed by atoms with Crippen molar-refractivity contribution >= 4 is 39.1 Å². The van der Waals surface area contributed by atoms with Crippen LogP contribution in [0.5, 0.6) is 0 Å². The van der Waals surface area contributed by atoms with E-state index < -0.39 is 0 Å². The van der Waals surface area contributed by atoms with Gasteiger partial charge in [0.25, 0.3) is 0 Å². The first-order valence-corrected chi connectivity index (χ1v) is 7.05. The number of rotatable bonds is 5. The van der Waals surface area contributed by atoms with Crippen LogP contribution in [0, 0.1) is 5.92 Å². The predicted molar refractivity (Wildman–Crippen MR) is 80.1 cm³/mol. The maximum Gasteiger partial charge on any atom is 0.239 e. The average Bonchev–Trinajstić information content (AvgIpc) is 2.30. The molecule has 0 radical (unpaired) electrons. The van der Waals surface area contributed by atoms with Crippen LogP contribution in [-0.4, -0.2) is 18.5 Å². The Morgan fingerprint density at radius 1 is 1.39 bits per heavy atom. The Bertz CT molecular complexity index is 423. The Labute approximate surface area is 121 Å². The highest BCUT2D eigenvalue weighted by molar-refractivity contribution is 9.10. The average molecular weight is 334 g/mol. The van der Waals surface area contributed by atoms with E-state index in [4.69, 9.17) is 11.6 Å². The molecule has 1 aromatic carbocycles. The maximum atomic E-state index is 11.7. The van der Waals surface area contributed by atoms with E-state index in [1.165, 1.54) is 0 Å². The monoisotopic (exact) mass is 332 g/mol. The molecular weight excluding hydrogens is 316 g/mol. The summed E-state index contributed by atoms with van der Waals surface area (Å²) in [6.45, 7) is 6.38. The van der Waals surface area contributed by atoms with Crippen molar-refractivity contribution in [1.29, 1.82) is 0 Å². The molecule has 0 spiro atoms. The quantitative estimate of drug-likeness (QED) is 0.863. The van der Waals surface area contributed by atoms with Crippen LogP contribution in [0.2, 0.25) is 5.02 Å². The van der Waals surface area contributed by atoms with Crippen LogP contribution in [0.25, 0.3) is 0 Å². The lowest BCUT2D eigenvalue weighted by Gasteiger charge is -2.18. The first-order chi connectivity index (χ1) is 8.40. The molecule has 0 bridgehead atoms. The second-order valence-electron chi connectivity index (χ2n) is 4.58. The second-order valence-corrected chi connectivity index (χ2v) is 5.87. The molecule has 1 atom stereocenters. The molecule has 1 amide bonds. The zero-order valence-corrected chi connectivity index (χ0v) is 13.1. The van der Waals surface area contributed by atoms with Gasteiger partial charge in [0.15, 0.2) is 0 Å². The van der Waals surface area contributed by atoms with E-state index in [9.17, 15) is 4.79 Å². The van der Waals surface area contributed by atoms with Crippen molar-refractivity contribution in [3.05, 3.63) is 27.7 Å². The number of halogens is 2. The zero-order chi connectivity index (χ0) is 13.7. The highest BCUT2D eigenvalue weighted by atomic mass is 79.9. The number of amides is 1. The third-order valence-electron chi connectivity index (χ3n) is 2.76. The molecule has 0 aliphatic heterocycles.